The van der Waals surface area contributed by atoms with E-state index in [1.54, 1.807) is 27.7 Å². The van der Waals surface area contributed by atoms with Gasteiger partial charge in [0.1, 0.15) is 17.7 Å². The summed E-state index contributed by atoms with van der Waals surface area (Å²) >= 11 is 0. The normalized spacial score (nSPS) is 11.7. The third kappa shape index (κ3) is 4.55. The van der Waals surface area contributed by atoms with E-state index in [2.05, 4.69) is 38.3 Å². The molecule has 0 aliphatic heterocycles. The van der Waals surface area contributed by atoms with E-state index in [0.717, 1.165) is 38.9 Å². The van der Waals surface area contributed by atoms with Crippen LogP contribution in [-0.4, -0.2) is 35.0 Å². The van der Waals surface area contributed by atoms with Crippen molar-refractivity contribution in [1.82, 2.24) is 34.4 Å². The molecule has 0 radical (unpaired) electrons. The summed E-state index contributed by atoms with van der Waals surface area (Å²) in [5.74, 6) is 6.21. The summed E-state index contributed by atoms with van der Waals surface area (Å²) in [5, 5.41) is 8.17. The Kier molecular flexibility index (Phi) is 5.98. The van der Waals surface area contributed by atoms with Gasteiger partial charge in [-0.1, -0.05) is 48.2 Å². The first kappa shape index (κ1) is 23.9. The number of fused-ring (bicyclic) bond motifs is 2. The van der Waals surface area contributed by atoms with E-state index in [4.69, 9.17) is 10.7 Å². The highest BCUT2D eigenvalue weighted by Gasteiger charge is 2.22. The molecule has 0 fully saturated rings. The lowest BCUT2D eigenvalue weighted by Crippen LogP contribution is -2.29. The molecule has 0 aliphatic rings. The van der Waals surface area contributed by atoms with Gasteiger partial charge in [-0.15, -0.1) is 0 Å². The zero-order chi connectivity index (χ0) is 26.9. The van der Waals surface area contributed by atoms with E-state index in [9.17, 15) is 4.79 Å². The van der Waals surface area contributed by atoms with Gasteiger partial charge in [0.2, 0.25) is 0 Å². The van der Waals surface area contributed by atoms with Crippen LogP contribution in [0.3, 0.4) is 0 Å². The third-order valence-electron chi connectivity index (χ3n) is 6.47. The highest BCUT2D eigenvalue weighted by atomic mass is 16.1. The summed E-state index contributed by atoms with van der Waals surface area (Å²) in [4.78, 5) is 26.9. The molecule has 6 aromatic rings. The van der Waals surface area contributed by atoms with E-state index in [0.29, 0.717) is 5.65 Å². The number of nitrogens with one attached hydrogen (secondary N) is 1. The van der Waals surface area contributed by atoms with E-state index in [-0.39, 0.29) is 17.3 Å². The van der Waals surface area contributed by atoms with Crippen LogP contribution < -0.4 is 11.1 Å². The van der Waals surface area contributed by atoms with Crippen LogP contribution in [0.1, 0.15) is 40.1 Å². The number of hydrogen-bond donors (Lipinski definition) is 2. The maximum Gasteiger partial charge on any atom is 0.259 e. The fraction of sp³-hybridized carbons (Fsp3) is 0.100. The van der Waals surface area contributed by atoms with Crippen molar-refractivity contribution >= 4 is 28.3 Å². The van der Waals surface area contributed by atoms with Crippen molar-refractivity contribution in [3.63, 3.8) is 0 Å². The minimum Gasteiger partial charge on any atom is -0.383 e. The highest BCUT2D eigenvalue weighted by molar-refractivity contribution is 6.04. The number of rotatable bonds is 4. The summed E-state index contributed by atoms with van der Waals surface area (Å²) in [5.41, 5.74) is 11.8. The third-order valence-corrected chi connectivity index (χ3v) is 6.47. The average molecular weight is 513 g/mol. The van der Waals surface area contributed by atoms with Crippen molar-refractivity contribution in [2.45, 2.75) is 13.0 Å². The number of anilines is 1. The summed E-state index contributed by atoms with van der Waals surface area (Å²) in [6, 6.07) is 17.5. The number of pyridine rings is 1. The Morgan fingerprint density at radius 3 is 2.72 bits per heavy atom. The van der Waals surface area contributed by atoms with Gasteiger partial charge in [-0.2, -0.15) is 5.10 Å². The maximum atomic E-state index is 13.4. The Labute approximate surface area is 224 Å². The van der Waals surface area contributed by atoms with Crippen LogP contribution in [-0.2, 0) is 7.05 Å². The number of amides is 1. The van der Waals surface area contributed by atoms with Crippen LogP contribution in [0.4, 0.5) is 5.82 Å². The van der Waals surface area contributed by atoms with Crippen molar-refractivity contribution in [1.29, 1.82) is 0 Å². The molecule has 4 heterocycles. The molecular weight excluding hydrogens is 488 g/mol. The maximum absolute atomic E-state index is 13.4. The average Bonchev–Trinajstić information content (AvgIpc) is 3.60. The SMILES string of the molecule is C[C@@H](NC(=O)c1c(N)ncn2ccnc12)c1nc2cccc(C#Cc3cnn(C)c3)c2cc1-c1ccccc1. The second-order valence-electron chi connectivity index (χ2n) is 9.17. The molecule has 0 saturated heterocycles. The van der Waals surface area contributed by atoms with Gasteiger partial charge in [0.15, 0.2) is 5.65 Å². The van der Waals surface area contributed by atoms with E-state index < -0.39 is 6.04 Å². The Morgan fingerprint density at radius 2 is 1.92 bits per heavy atom. The topological polar surface area (TPSA) is 116 Å². The number of imidazole rings is 1. The first-order chi connectivity index (χ1) is 19.0. The van der Waals surface area contributed by atoms with Gasteiger partial charge >= 0.3 is 0 Å². The molecule has 0 spiro atoms. The largest absolute Gasteiger partial charge is 0.383 e. The molecule has 0 aliphatic carbocycles. The molecule has 1 atom stereocenters. The highest BCUT2D eigenvalue weighted by Crippen LogP contribution is 2.32. The second-order valence-corrected chi connectivity index (χ2v) is 9.17. The summed E-state index contributed by atoms with van der Waals surface area (Å²) in [7, 11) is 1.86. The minimum atomic E-state index is -0.447. The number of nitrogen functional groups attached to an aromatic ring is 1. The predicted octanol–water partition coefficient (Wildman–Crippen LogP) is 4.15. The van der Waals surface area contributed by atoms with Gasteiger partial charge in [0, 0.05) is 42.2 Å². The standard InChI is InChI=1S/C30H24N8O/c1-19(35-30(39)26-28(31)33-18-38-14-13-32-29(26)38)27-24(21-7-4-3-5-8-21)15-23-22(9-6-10-25(23)36-27)12-11-20-16-34-37(2)17-20/h3-10,13-19H,31H2,1-2H3,(H,35,39)/t19-/m1/s1. The van der Waals surface area contributed by atoms with Crippen LogP contribution in [0.2, 0.25) is 0 Å². The number of carbonyl (C=O) groups is 1. The molecule has 39 heavy (non-hydrogen) atoms. The van der Waals surface area contributed by atoms with E-state index in [1.165, 1.54) is 6.33 Å². The zero-order valence-corrected chi connectivity index (χ0v) is 21.3. The lowest BCUT2D eigenvalue weighted by molar-refractivity contribution is 0.0941. The van der Waals surface area contributed by atoms with Gasteiger partial charge in [0.05, 0.1) is 29.0 Å². The Balaban J connectivity index is 1.44. The molecule has 190 valence electrons. The zero-order valence-electron chi connectivity index (χ0n) is 21.3. The summed E-state index contributed by atoms with van der Waals surface area (Å²) in [6.45, 7) is 1.90. The number of aryl methyl sites for hydroxylation is 1. The van der Waals surface area contributed by atoms with Crippen LogP contribution in [0.25, 0.3) is 27.7 Å². The molecule has 1 amide bonds. The Hall–Kier alpha value is -5.49. The lowest BCUT2D eigenvalue weighted by Gasteiger charge is -2.19. The van der Waals surface area contributed by atoms with Crippen LogP contribution in [0, 0.1) is 11.8 Å². The van der Waals surface area contributed by atoms with Crippen LogP contribution in [0.5, 0.6) is 0 Å². The van der Waals surface area contributed by atoms with Crippen molar-refractivity contribution in [3.05, 3.63) is 108 Å². The molecule has 0 unspecified atom stereocenters. The Morgan fingerprint density at radius 1 is 1.08 bits per heavy atom. The summed E-state index contributed by atoms with van der Waals surface area (Å²) in [6.07, 6.45) is 8.46. The van der Waals surface area contributed by atoms with E-state index >= 15 is 0 Å². The first-order valence-electron chi connectivity index (χ1n) is 12.4. The summed E-state index contributed by atoms with van der Waals surface area (Å²) < 4.78 is 3.38. The van der Waals surface area contributed by atoms with Gasteiger partial charge in [-0.25, -0.2) is 15.0 Å². The van der Waals surface area contributed by atoms with Crippen molar-refractivity contribution in [3.8, 4) is 23.0 Å². The van der Waals surface area contributed by atoms with Gasteiger partial charge in [-0.05, 0) is 30.7 Å². The number of carbonyl (C=O) groups excluding carboxylic acids is 1. The van der Waals surface area contributed by atoms with Gasteiger partial charge in [0.25, 0.3) is 5.91 Å². The number of aromatic nitrogens is 6. The van der Waals surface area contributed by atoms with Crippen molar-refractivity contribution in [2.75, 3.05) is 5.73 Å². The van der Waals surface area contributed by atoms with Crippen LogP contribution in [0.15, 0.2) is 85.7 Å². The number of hydrogen-bond acceptors (Lipinski definition) is 6. The number of nitrogens with zero attached hydrogens (tertiary/aromatic N) is 6. The van der Waals surface area contributed by atoms with E-state index in [1.807, 2.05) is 68.7 Å². The van der Waals surface area contributed by atoms with Crippen molar-refractivity contribution < 1.29 is 4.79 Å². The molecule has 4 aromatic heterocycles. The fourth-order valence-corrected chi connectivity index (χ4v) is 4.58. The molecule has 0 saturated carbocycles. The predicted molar refractivity (Wildman–Crippen MR) is 150 cm³/mol. The molecule has 9 heteroatoms. The number of nitrogens with two attached hydrogens (primary N) is 1. The van der Waals surface area contributed by atoms with Crippen LogP contribution >= 0.6 is 0 Å². The molecule has 9 nitrogen and oxygen atoms in total. The Bertz CT molecular complexity index is 1910. The van der Waals surface area contributed by atoms with Gasteiger partial charge in [-0.3, -0.25) is 13.9 Å². The second kappa shape index (κ2) is 9.76. The van der Waals surface area contributed by atoms with Crippen molar-refractivity contribution in [2.24, 2.45) is 7.05 Å². The first-order valence-corrected chi connectivity index (χ1v) is 12.4. The monoisotopic (exact) mass is 512 g/mol. The van der Waals surface area contributed by atoms with Gasteiger partial charge < -0.3 is 11.1 Å². The quantitative estimate of drug-likeness (QED) is 0.343. The number of benzene rings is 2. The molecular formula is C30H24N8O. The molecule has 3 N–H and O–H groups in total. The minimum absolute atomic E-state index is 0.116. The fourth-order valence-electron chi connectivity index (χ4n) is 4.58. The molecule has 2 aromatic carbocycles. The molecule has 0 bridgehead atoms. The molecule has 6 rings (SSSR count). The lowest BCUT2D eigenvalue weighted by atomic mass is 9.96. The smallest absolute Gasteiger partial charge is 0.259 e.